The minimum absolute atomic E-state index is 0.603. The van der Waals surface area contributed by atoms with E-state index in [0.29, 0.717) is 5.92 Å². The molecule has 0 fully saturated rings. The molecule has 0 unspecified atom stereocenters. The second-order valence-electron chi connectivity index (χ2n) is 4.57. The number of rotatable bonds is 3. The van der Waals surface area contributed by atoms with Gasteiger partial charge in [-0.3, -0.25) is 9.67 Å². The summed E-state index contributed by atoms with van der Waals surface area (Å²) in [4.78, 5) is 4.15. The highest BCUT2D eigenvalue weighted by atomic mass is 127. The lowest BCUT2D eigenvalue weighted by molar-refractivity contribution is 0.475. The molecule has 0 aliphatic carbocycles. The molecule has 0 saturated heterocycles. The fourth-order valence-electron chi connectivity index (χ4n) is 1.74. The van der Waals surface area contributed by atoms with Crippen LogP contribution < -0.4 is 0 Å². The van der Waals surface area contributed by atoms with Crippen molar-refractivity contribution in [2.45, 2.75) is 27.3 Å². The molecule has 0 saturated carbocycles. The van der Waals surface area contributed by atoms with Gasteiger partial charge in [0, 0.05) is 30.2 Å². The maximum absolute atomic E-state index is 4.69. The van der Waals surface area contributed by atoms with Crippen molar-refractivity contribution in [3.05, 3.63) is 33.8 Å². The Morgan fingerprint density at radius 3 is 2.76 bits per heavy atom. The third-order valence-corrected chi connectivity index (χ3v) is 3.90. The van der Waals surface area contributed by atoms with Crippen LogP contribution in [0.1, 0.15) is 19.5 Å². The SMILES string of the molecule is Cc1c(I)c(-c2cccnc2)nn1CC(C)C. The number of hydrogen-bond donors (Lipinski definition) is 0. The lowest BCUT2D eigenvalue weighted by Gasteiger charge is -2.06. The standard InChI is InChI=1S/C13H16IN3/c1-9(2)8-17-10(3)12(14)13(16-17)11-5-4-6-15-7-11/h4-7,9H,8H2,1-3H3. The summed E-state index contributed by atoms with van der Waals surface area (Å²) < 4.78 is 3.31. The Labute approximate surface area is 115 Å². The van der Waals surface area contributed by atoms with E-state index in [9.17, 15) is 0 Å². The quantitative estimate of drug-likeness (QED) is 0.800. The van der Waals surface area contributed by atoms with Crippen molar-refractivity contribution in [1.29, 1.82) is 0 Å². The average Bonchev–Trinajstić information content (AvgIpc) is 2.58. The molecule has 17 heavy (non-hydrogen) atoms. The molecule has 2 heterocycles. The first-order valence-electron chi connectivity index (χ1n) is 5.73. The van der Waals surface area contributed by atoms with Crippen LogP contribution in [0.15, 0.2) is 24.5 Å². The first-order valence-corrected chi connectivity index (χ1v) is 6.80. The Kier molecular flexibility index (Phi) is 3.81. The van der Waals surface area contributed by atoms with Gasteiger partial charge in [0.1, 0.15) is 5.69 Å². The molecular weight excluding hydrogens is 325 g/mol. The van der Waals surface area contributed by atoms with Gasteiger partial charge in [0.25, 0.3) is 0 Å². The summed E-state index contributed by atoms with van der Waals surface area (Å²) in [5.74, 6) is 0.603. The van der Waals surface area contributed by atoms with E-state index >= 15 is 0 Å². The van der Waals surface area contributed by atoms with Gasteiger partial charge >= 0.3 is 0 Å². The van der Waals surface area contributed by atoms with Crippen molar-refractivity contribution in [2.75, 3.05) is 0 Å². The third kappa shape index (κ3) is 2.68. The summed E-state index contributed by atoms with van der Waals surface area (Å²) in [6.07, 6.45) is 3.65. The largest absolute Gasteiger partial charge is 0.268 e. The smallest absolute Gasteiger partial charge is 0.107 e. The summed E-state index contributed by atoms with van der Waals surface area (Å²) in [6, 6.07) is 4.00. The lowest BCUT2D eigenvalue weighted by atomic mass is 10.2. The molecule has 0 amide bonds. The maximum Gasteiger partial charge on any atom is 0.107 e. The van der Waals surface area contributed by atoms with E-state index in [1.165, 1.54) is 9.26 Å². The summed E-state index contributed by atoms with van der Waals surface area (Å²) in [5.41, 5.74) is 3.36. The predicted molar refractivity (Wildman–Crippen MR) is 77.8 cm³/mol. The van der Waals surface area contributed by atoms with Crippen LogP contribution in [0, 0.1) is 16.4 Å². The summed E-state index contributed by atoms with van der Waals surface area (Å²) in [5, 5.41) is 4.69. The molecule has 90 valence electrons. The van der Waals surface area contributed by atoms with Crippen LogP contribution in [0.5, 0.6) is 0 Å². The number of halogens is 1. The topological polar surface area (TPSA) is 30.7 Å². The Bertz CT molecular complexity index is 503. The van der Waals surface area contributed by atoms with Gasteiger partial charge in [-0.1, -0.05) is 13.8 Å². The van der Waals surface area contributed by atoms with E-state index < -0.39 is 0 Å². The van der Waals surface area contributed by atoms with Crippen LogP contribution in [0.25, 0.3) is 11.3 Å². The molecular formula is C13H16IN3. The van der Waals surface area contributed by atoms with Crippen LogP contribution in [0.4, 0.5) is 0 Å². The second-order valence-corrected chi connectivity index (χ2v) is 5.64. The highest BCUT2D eigenvalue weighted by Gasteiger charge is 2.14. The average molecular weight is 341 g/mol. The third-order valence-electron chi connectivity index (χ3n) is 2.61. The molecule has 0 atom stereocenters. The first-order chi connectivity index (χ1) is 8.09. The molecule has 3 nitrogen and oxygen atoms in total. The highest BCUT2D eigenvalue weighted by Crippen LogP contribution is 2.26. The Balaban J connectivity index is 2.43. The van der Waals surface area contributed by atoms with Gasteiger partial charge in [0.2, 0.25) is 0 Å². The lowest BCUT2D eigenvalue weighted by Crippen LogP contribution is -2.07. The van der Waals surface area contributed by atoms with Crippen LogP contribution in [0.3, 0.4) is 0 Å². The Hall–Kier alpha value is -0.910. The van der Waals surface area contributed by atoms with Crippen LogP contribution >= 0.6 is 22.6 Å². The molecule has 0 aliphatic heterocycles. The molecule has 0 radical (unpaired) electrons. The van der Waals surface area contributed by atoms with Crippen molar-refractivity contribution in [3.8, 4) is 11.3 Å². The molecule has 0 spiro atoms. The minimum atomic E-state index is 0.603. The Morgan fingerprint density at radius 2 is 2.18 bits per heavy atom. The zero-order valence-electron chi connectivity index (χ0n) is 10.3. The Morgan fingerprint density at radius 1 is 1.41 bits per heavy atom. The number of aromatic nitrogens is 3. The summed E-state index contributed by atoms with van der Waals surface area (Å²) in [7, 11) is 0. The predicted octanol–water partition coefficient (Wildman–Crippen LogP) is 3.51. The van der Waals surface area contributed by atoms with Crippen molar-refractivity contribution in [2.24, 2.45) is 5.92 Å². The van der Waals surface area contributed by atoms with Crippen LogP contribution in [-0.2, 0) is 6.54 Å². The normalized spacial score (nSPS) is 11.1. The minimum Gasteiger partial charge on any atom is -0.268 e. The van der Waals surface area contributed by atoms with Crippen molar-refractivity contribution >= 4 is 22.6 Å². The van der Waals surface area contributed by atoms with Gasteiger partial charge in [-0.05, 0) is 47.6 Å². The van der Waals surface area contributed by atoms with Gasteiger partial charge in [-0.2, -0.15) is 5.10 Å². The monoisotopic (exact) mass is 341 g/mol. The van der Waals surface area contributed by atoms with E-state index in [-0.39, 0.29) is 0 Å². The van der Waals surface area contributed by atoms with E-state index in [4.69, 9.17) is 0 Å². The fraction of sp³-hybridized carbons (Fsp3) is 0.385. The molecule has 2 aromatic rings. The van der Waals surface area contributed by atoms with Crippen molar-refractivity contribution in [1.82, 2.24) is 14.8 Å². The molecule has 4 heteroatoms. The van der Waals surface area contributed by atoms with Crippen molar-refractivity contribution in [3.63, 3.8) is 0 Å². The fourth-order valence-corrected chi connectivity index (χ4v) is 2.43. The van der Waals surface area contributed by atoms with Gasteiger partial charge in [0.05, 0.1) is 3.57 Å². The van der Waals surface area contributed by atoms with Crippen LogP contribution in [-0.4, -0.2) is 14.8 Å². The molecule has 0 aliphatic rings. The molecule has 2 aromatic heterocycles. The zero-order chi connectivity index (χ0) is 12.4. The van der Waals surface area contributed by atoms with E-state index in [1.807, 2.05) is 12.3 Å². The van der Waals surface area contributed by atoms with Crippen LogP contribution in [0.2, 0.25) is 0 Å². The van der Waals surface area contributed by atoms with Gasteiger partial charge < -0.3 is 0 Å². The highest BCUT2D eigenvalue weighted by molar-refractivity contribution is 14.1. The van der Waals surface area contributed by atoms with Crippen molar-refractivity contribution < 1.29 is 0 Å². The molecule has 0 N–H and O–H groups in total. The number of hydrogen-bond acceptors (Lipinski definition) is 2. The number of nitrogens with zero attached hydrogens (tertiary/aromatic N) is 3. The summed E-state index contributed by atoms with van der Waals surface area (Å²) in [6.45, 7) is 7.49. The molecule has 0 aromatic carbocycles. The molecule has 0 bridgehead atoms. The van der Waals surface area contributed by atoms with Gasteiger partial charge in [-0.25, -0.2) is 0 Å². The van der Waals surface area contributed by atoms with E-state index in [0.717, 1.165) is 17.8 Å². The first kappa shape index (κ1) is 12.5. The van der Waals surface area contributed by atoms with Gasteiger partial charge in [-0.15, -0.1) is 0 Å². The van der Waals surface area contributed by atoms with E-state index in [1.54, 1.807) is 6.20 Å². The van der Waals surface area contributed by atoms with Gasteiger partial charge in [0.15, 0.2) is 0 Å². The summed E-state index contributed by atoms with van der Waals surface area (Å²) >= 11 is 2.36. The zero-order valence-corrected chi connectivity index (χ0v) is 12.5. The molecule has 2 rings (SSSR count). The maximum atomic E-state index is 4.69. The second kappa shape index (κ2) is 5.16. The number of pyridine rings is 1. The van der Waals surface area contributed by atoms with E-state index in [2.05, 4.69) is 64.2 Å².